The van der Waals surface area contributed by atoms with E-state index in [1.54, 1.807) is 4.57 Å². The number of nitrogens with zero attached hydrogens (tertiary/aromatic N) is 2. The lowest BCUT2D eigenvalue weighted by Gasteiger charge is -2.38. The average Bonchev–Trinajstić information content (AvgIpc) is 2.89. The monoisotopic (exact) mass is 311 g/mol. The average molecular weight is 311 g/mol. The second kappa shape index (κ2) is 4.96. The predicted octanol–water partition coefficient (Wildman–Crippen LogP) is 1.75. The lowest BCUT2D eigenvalue weighted by Crippen LogP contribution is -2.54. The molecule has 2 aliphatic rings. The summed E-state index contributed by atoms with van der Waals surface area (Å²) >= 11 is 0. The molecule has 1 aromatic heterocycles. The maximum Gasteiger partial charge on any atom is 0.330 e. The Kier molecular flexibility index (Phi) is 3.02. The van der Waals surface area contributed by atoms with Gasteiger partial charge in [-0.2, -0.15) is 0 Å². The van der Waals surface area contributed by atoms with E-state index in [0.29, 0.717) is 6.54 Å². The van der Waals surface area contributed by atoms with Gasteiger partial charge < -0.3 is 15.3 Å². The van der Waals surface area contributed by atoms with Crippen LogP contribution in [0.15, 0.2) is 36.9 Å². The first-order valence-corrected chi connectivity index (χ1v) is 7.65. The van der Waals surface area contributed by atoms with E-state index < -0.39 is 12.0 Å². The molecular weight excluding hydrogens is 294 g/mol. The summed E-state index contributed by atoms with van der Waals surface area (Å²) in [6, 6.07) is 6.43. The van der Waals surface area contributed by atoms with Crippen molar-refractivity contribution < 1.29 is 14.7 Å². The maximum atomic E-state index is 13.0. The fraction of sp³-hybridized carbons (Fsp3) is 0.294. The van der Waals surface area contributed by atoms with E-state index in [0.717, 1.165) is 29.6 Å². The molecule has 0 spiro atoms. The van der Waals surface area contributed by atoms with E-state index in [-0.39, 0.29) is 12.1 Å². The molecule has 0 bridgehead atoms. The number of hydrogen-bond donors (Lipinski definition) is 2. The lowest BCUT2D eigenvalue weighted by atomic mass is 9.97. The second-order valence-electron chi connectivity index (χ2n) is 5.93. The Labute approximate surface area is 133 Å². The molecule has 2 unspecified atom stereocenters. The maximum absolute atomic E-state index is 13.0. The molecule has 3 heterocycles. The van der Waals surface area contributed by atoms with Gasteiger partial charge in [-0.05, 0) is 24.6 Å². The SMILES string of the molecule is C=CC(C(=O)O)N1CC2NCCc3c2n(c2ccccc32)C1=O. The number of hydrogen-bond acceptors (Lipinski definition) is 3. The third-order valence-corrected chi connectivity index (χ3v) is 4.74. The van der Waals surface area contributed by atoms with E-state index in [9.17, 15) is 14.7 Å². The Bertz CT molecular complexity index is 839. The lowest BCUT2D eigenvalue weighted by molar-refractivity contribution is -0.140. The van der Waals surface area contributed by atoms with Crippen molar-refractivity contribution in [3.8, 4) is 0 Å². The molecule has 4 rings (SSSR count). The summed E-state index contributed by atoms with van der Waals surface area (Å²) in [4.78, 5) is 25.8. The normalized spacial score (nSPS) is 21.1. The standard InChI is InChI=1S/C17H17N3O3/c1-2-13(16(21)22)19-9-12-15-11(7-8-18-12)10-5-3-4-6-14(10)20(15)17(19)23/h2-6,12-13,18H,1,7-9H2,(H,21,22). The topological polar surface area (TPSA) is 74.6 Å². The van der Waals surface area contributed by atoms with Crippen molar-refractivity contribution in [1.29, 1.82) is 0 Å². The first-order chi connectivity index (χ1) is 11.1. The van der Waals surface area contributed by atoms with Gasteiger partial charge in [0, 0.05) is 11.9 Å². The van der Waals surface area contributed by atoms with Gasteiger partial charge in [0.05, 0.1) is 17.3 Å². The van der Waals surface area contributed by atoms with Crippen LogP contribution in [0.1, 0.15) is 17.3 Å². The minimum Gasteiger partial charge on any atom is -0.479 e. The summed E-state index contributed by atoms with van der Waals surface area (Å²) in [5, 5.41) is 13.9. The zero-order valence-electron chi connectivity index (χ0n) is 12.5. The molecule has 6 nitrogen and oxygen atoms in total. The Morgan fingerprint density at radius 2 is 2.22 bits per heavy atom. The molecule has 2 aliphatic heterocycles. The minimum absolute atomic E-state index is 0.0503. The van der Waals surface area contributed by atoms with E-state index in [1.165, 1.54) is 16.5 Å². The van der Waals surface area contributed by atoms with Crippen LogP contribution in [0.5, 0.6) is 0 Å². The van der Waals surface area contributed by atoms with E-state index >= 15 is 0 Å². The highest BCUT2D eigenvalue weighted by Gasteiger charge is 2.40. The van der Waals surface area contributed by atoms with Crippen molar-refractivity contribution in [2.75, 3.05) is 13.1 Å². The van der Waals surface area contributed by atoms with Crippen molar-refractivity contribution in [1.82, 2.24) is 14.8 Å². The number of amides is 1. The van der Waals surface area contributed by atoms with Gasteiger partial charge >= 0.3 is 12.0 Å². The number of carbonyl (C=O) groups is 2. The van der Waals surface area contributed by atoms with Crippen LogP contribution in [0.2, 0.25) is 0 Å². The molecule has 0 radical (unpaired) electrons. The predicted molar refractivity (Wildman–Crippen MR) is 85.5 cm³/mol. The number of rotatable bonds is 3. The molecule has 23 heavy (non-hydrogen) atoms. The zero-order chi connectivity index (χ0) is 16.1. The van der Waals surface area contributed by atoms with Gasteiger partial charge in [-0.15, -0.1) is 6.58 Å². The van der Waals surface area contributed by atoms with E-state index in [2.05, 4.69) is 11.9 Å². The molecule has 2 N–H and O–H groups in total. The molecule has 0 saturated carbocycles. The first kappa shape index (κ1) is 14.0. The Morgan fingerprint density at radius 1 is 1.43 bits per heavy atom. The molecule has 1 amide bonds. The minimum atomic E-state index is -1.07. The molecular formula is C17H17N3O3. The fourth-order valence-corrected chi connectivity index (χ4v) is 3.78. The number of benzene rings is 1. The van der Waals surface area contributed by atoms with Crippen LogP contribution in [0.25, 0.3) is 10.9 Å². The van der Waals surface area contributed by atoms with Crippen molar-refractivity contribution in [3.63, 3.8) is 0 Å². The number of carboxylic acid groups (broad SMARTS) is 1. The molecule has 0 saturated heterocycles. The molecule has 6 heteroatoms. The second-order valence-corrected chi connectivity index (χ2v) is 5.93. The van der Waals surface area contributed by atoms with Crippen LogP contribution in [-0.4, -0.2) is 45.7 Å². The zero-order valence-corrected chi connectivity index (χ0v) is 12.5. The van der Waals surface area contributed by atoms with E-state index in [4.69, 9.17) is 0 Å². The van der Waals surface area contributed by atoms with Crippen molar-refractivity contribution in [2.45, 2.75) is 18.5 Å². The molecule has 1 aromatic carbocycles. The number of carbonyl (C=O) groups excluding carboxylic acids is 1. The van der Waals surface area contributed by atoms with Gasteiger partial charge in [0.2, 0.25) is 0 Å². The summed E-state index contributed by atoms with van der Waals surface area (Å²) in [6.45, 7) is 4.73. The first-order valence-electron chi connectivity index (χ1n) is 7.65. The summed E-state index contributed by atoms with van der Waals surface area (Å²) < 4.78 is 1.67. The molecule has 118 valence electrons. The Balaban J connectivity index is 1.95. The highest BCUT2D eigenvalue weighted by molar-refractivity contribution is 5.98. The van der Waals surface area contributed by atoms with Gasteiger partial charge in [0.1, 0.15) is 6.04 Å². The Morgan fingerprint density at radius 3 is 2.96 bits per heavy atom. The number of para-hydroxylation sites is 1. The van der Waals surface area contributed by atoms with Crippen LogP contribution < -0.4 is 5.32 Å². The van der Waals surface area contributed by atoms with Gasteiger partial charge in [0.25, 0.3) is 0 Å². The van der Waals surface area contributed by atoms with Crippen LogP contribution in [0, 0.1) is 0 Å². The third-order valence-electron chi connectivity index (χ3n) is 4.74. The van der Waals surface area contributed by atoms with Gasteiger partial charge in [-0.1, -0.05) is 24.3 Å². The quantitative estimate of drug-likeness (QED) is 0.847. The van der Waals surface area contributed by atoms with Gasteiger partial charge in [-0.3, -0.25) is 4.57 Å². The molecule has 2 atom stereocenters. The number of aliphatic carboxylic acids is 1. The Hall–Kier alpha value is -2.60. The molecule has 2 aromatic rings. The molecule has 0 aliphatic carbocycles. The largest absolute Gasteiger partial charge is 0.479 e. The van der Waals surface area contributed by atoms with Gasteiger partial charge in [-0.25, -0.2) is 9.59 Å². The number of carboxylic acids is 1. The van der Waals surface area contributed by atoms with Crippen molar-refractivity contribution >= 4 is 22.9 Å². The number of fused-ring (bicyclic) bond motifs is 3. The number of aromatic nitrogens is 1. The van der Waals surface area contributed by atoms with Crippen LogP contribution in [-0.2, 0) is 11.2 Å². The highest BCUT2D eigenvalue weighted by atomic mass is 16.4. The van der Waals surface area contributed by atoms with E-state index in [1.807, 2.05) is 24.3 Å². The molecule has 0 fully saturated rings. The summed E-state index contributed by atoms with van der Waals surface area (Å²) in [6.07, 6.45) is 2.18. The number of nitrogens with one attached hydrogen (secondary N) is 1. The van der Waals surface area contributed by atoms with Crippen molar-refractivity contribution in [3.05, 3.63) is 48.2 Å². The van der Waals surface area contributed by atoms with Gasteiger partial charge in [0.15, 0.2) is 0 Å². The van der Waals surface area contributed by atoms with Crippen molar-refractivity contribution in [2.24, 2.45) is 0 Å². The summed E-state index contributed by atoms with van der Waals surface area (Å²) in [7, 11) is 0. The van der Waals surface area contributed by atoms with Crippen LogP contribution in [0.4, 0.5) is 4.79 Å². The van der Waals surface area contributed by atoms with Crippen LogP contribution >= 0.6 is 0 Å². The third kappa shape index (κ3) is 1.85. The highest BCUT2D eigenvalue weighted by Crippen LogP contribution is 2.37. The summed E-state index contributed by atoms with van der Waals surface area (Å²) in [5.41, 5.74) is 3.02. The summed E-state index contributed by atoms with van der Waals surface area (Å²) in [5.74, 6) is -1.07. The fourth-order valence-electron chi connectivity index (χ4n) is 3.78. The van der Waals surface area contributed by atoms with Crippen LogP contribution in [0.3, 0.4) is 0 Å². The smallest absolute Gasteiger partial charge is 0.330 e.